The van der Waals surface area contributed by atoms with Crippen molar-refractivity contribution in [2.45, 2.75) is 70.1 Å². The largest absolute Gasteiger partial charge is 0.508 e. The second kappa shape index (κ2) is 15.1. The summed E-state index contributed by atoms with van der Waals surface area (Å²) in [5, 5.41) is 26.3. The number of hydrogen-bond acceptors (Lipinski definition) is 8. The Bertz CT molecular complexity index is 1020. The lowest BCUT2D eigenvalue weighted by Gasteiger charge is -2.28. The zero-order chi connectivity index (χ0) is 29.0. The van der Waals surface area contributed by atoms with Gasteiger partial charge in [0.05, 0.1) is 12.5 Å². The van der Waals surface area contributed by atoms with E-state index >= 15 is 0 Å². The predicted octanol–water partition coefficient (Wildman–Crippen LogP) is -2.01. The average Bonchev–Trinajstić information content (AvgIpc) is 2.84. The second-order valence-electron chi connectivity index (χ2n) is 8.98. The number of carboxylic acids is 1. The van der Waals surface area contributed by atoms with Gasteiger partial charge in [0.2, 0.25) is 29.5 Å². The standard InChI is InChI=1S/C24H36N6O8/c1-3-12(2)20(23(36)28-16(24(37)38)8-9-18(26)32)30-22(35)17(10-13-4-6-14(31)7-5-13)29-21(34)15(25)11-19(27)33/h4-7,12,15-17,20,31H,3,8-11,25H2,1-2H3,(H2,26,32)(H2,27,33)(H,28,36)(H,29,34)(H,30,35)(H,37,38). The molecule has 1 aromatic rings. The van der Waals surface area contributed by atoms with Crippen LogP contribution in [0, 0.1) is 5.92 Å². The fraction of sp³-hybridized carbons (Fsp3) is 0.500. The Morgan fingerprint density at radius 3 is 1.95 bits per heavy atom. The molecular formula is C24H36N6O8. The smallest absolute Gasteiger partial charge is 0.326 e. The van der Waals surface area contributed by atoms with Gasteiger partial charge >= 0.3 is 5.97 Å². The molecule has 11 N–H and O–H groups in total. The molecular weight excluding hydrogens is 500 g/mol. The van der Waals surface area contributed by atoms with E-state index in [1.807, 2.05) is 0 Å². The van der Waals surface area contributed by atoms with Gasteiger partial charge in [0.1, 0.15) is 23.9 Å². The minimum Gasteiger partial charge on any atom is -0.508 e. The molecule has 0 radical (unpaired) electrons. The zero-order valence-electron chi connectivity index (χ0n) is 21.3. The third kappa shape index (κ3) is 10.8. The van der Waals surface area contributed by atoms with Gasteiger partial charge < -0.3 is 43.4 Å². The van der Waals surface area contributed by atoms with E-state index in [1.165, 1.54) is 24.3 Å². The highest BCUT2D eigenvalue weighted by Gasteiger charge is 2.33. The Kier molecular flexibility index (Phi) is 12.7. The van der Waals surface area contributed by atoms with Crippen molar-refractivity contribution in [1.29, 1.82) is 0 Å². The number of carbonyl (C=O) groups excluding carboxylic acids is 5. The van der Waals surface area contributed by atoms with Crippen LogP contribution < -0.4 is 33.2 Å². The number of phenolic OH excluding ortho intramolecular Hbond substituents is 1. The van der Waals surface area contributed by atoms with Gasteiger partial charge in [-0.1, -0.05) is 32.4 Å². The van der Waals surface area contributed by atoms with Gasteiger partial charge in [-0.15, -0.1) is 0 Å². The van der Waals surface area contributed by atoms with Crippen LogP contribution in [0.1, 0.15) is 45.1 Å². The molecule has 1 aromatic carbocycles. The molecule has 0 aliphatic rings. The number of carbonyl (C=O) groups is 6. The summed E-state index contributed by atoms with van der Waals surface area (Å²) < 4.78 is 0. The Balaban J connectivity index is 3.16. The van der Waals surface area contributed by atoms with E-state index in [4.69, 9.17) is 17.2 Å². The monoisotopic (exact) mass is 536 g/mol. The molecule has 14 nitrogen and oxygen atoms in total. The first-order valence-electron chi connectivity index (χ1n) is 12.0. The van der Waals surface area contributed by atoms with Gasteiger partial charge in [-0.2, -0.15) is 0 Å². The maximum Gasteiger partial charge on any atom is 0.326 e. The fourth-order valence-electron chi connectivity index (χ4n) is 3.43. The third-order valence-corrected chi connectivity index (χ3v) is 5.85. The summed E-state index contributed by atoms with van der Waals surface area (Å²) in [4.78, 5) is 72.6. The van der Waals surface area contributed by atoms with Crippen molar-refractivity contribution in [2.24, 2.45) is 23.1 Å². The van der Waals surface area contributed by atoms with Crippen LogP contribution in [0.5, 0.6) is 5.75 Å². The van der Waals surface area contributed by atoms with Crippen LogP contribution >= 0.6 is 0 Å². The second-order valence-corrected chi connectivity index (χ2v) is 8.98. The Hall–Kier alpha value is -4.20. The average molecular weight is 537 g/mol. The van der Waals surface area contributed by atoms with Gasteiger partial charge in [0.15, 0.2) is 0 Å². The molecule has 5 unspecified atom stereocenters. The molecule has 1 rings (SSSR count). The molecule has 0 aromatic heterocycles. The summed E-state index contributed by atoms with van der Waals surface area (Å²) in [5.41, 5.74) is 16.4. The summed E-state index contributed by atoms with van der Waals surface area (Å²) in [6.07, 6.45) is -0.611. The van der Waals surface area contributed by atoms with Crippen molar-refractivity contribution in [3.63, 3.8) is 0 Å². The van der Waals surface area contributed by atoms with Gasteiger partial charge in [-0.25, -0.2) is 4.79 Å². The van der Waals surface area contributed by atoms with Gasteiger partial charge in [0.25, 0.3) is 0 Å². The third-order valence-electron chi connectivity index (χ3n) is 5.85. The number of rotatable bonds is 16. The molecule has 0 bridgehead atoms. The minimum atomic E-state index is -1.42. The van der Waals surface area contributed by atoms with E-state index in [0.29, 0.717) is 12.0 Å². The van der Waals surface area contributed by atoms with Crippen molar-refractivity contribution in [3.05, 3.63) is 29.8 Å². The van der Waals surface area contributed by atoms with Crippen LogP contribution in [-0.4, -0.2) is 69.9 Å². The normalized spacial score (nSPS) is 14.7. The van der Waals surface area contributed by atoms with Crippen molar-refractivity contribution in [1.82, 2.24) is 16.0 Å². The molecule has 210 valence electrons. The quantitative estimate of drug-likeness (QED) is 0.116. The van der Waals surface area contributed by atoms with Crippen LogP contribution in [0.15, 0.2) is 24.3 Å². The number of amides is 5. The molecule has 0 aliphatic carbocycles. The van der Waals surface area contributed by atoms with Crippen molar-refractivity contribution >= 4 is 35.5 Å². The number of hydrogen-bond donors (Lipinski definition) is 8. The van der Waals surface area contributed by atoms with E-state index in [2.05, 4.69) is 16.0 Å². The summed E-state index contributed by atoms with van der Waals surface area (Å²) in [6, 6.07) is 0.643. The van der Waals surface area contributed by atoms with Gasteiger partial charge in [-0.05, 0) is 30.0 Å². The number of aliphatic carboxylic acids is 1. The van der Waals surface area contributed by atoms with Crippen LogP contribution in [-0.2, 0) is 35.2 Å². The molecule has 0 aliphatic heterocycles. The van der Waals surface area contributed by atoms with Gasteiger partial charge in [-0.3, -0.25) is 24.0 Å². The van der Waals surface area contributed by atoms with Gasteiger partial charge in [0, 0.05) is 12.8 Å². The van der Waals surface area contributed by atoms with Crippen LogP contribution in [0.25, 0.3) is 0 Å². The van der Waals surface area contributed by atoms with E-state index < -0.39 is 72.0 Å². The molecule has 0 saturated heterocycles. The molecule has 0 saturated carbocycles. The summed E-state index contributed by atoms with van der Waals surface area (Å²) in [6.45, 7) is 3.43. The van der Waals surface area contributed by atoms with E-state index in [1.54, 1.807) is 13.8 Å². The Morgan fingerprint density at radius 2 is 1.45 bits per heavy atom. The van der Waals surface area contributed by atoms with Crippen molar-refractivity contribution in [3.8, 4) is 5.75 Å². The van der Waals surface area contributed by atoms with Crippen LogP contribution in [0.4, 0.5) is 0 Å². The molecule has 38 heavy (non-hydrogen) atoms. The first kappa shape index (κ1) is 31.8. The lowest BCUT2D eigenvalue weighted by atomic mass is 9.96. The number of carboxylic acid groups (broad SMARTS) is 1. The lowest BCUT2D eigenvalue weighted by Crippen LogP contribution is -2.59. The van der Waals surface area contributed by atoms with Crippen LogP contribution in [0.2, 0.25) is 0 Å². The highest BCUT2D eigenvalue weighted by Crippen LogP contribution is 2.14. The van der Waals surface area contributed by atoms with E-state index in [0.717, 1.165) is 0 Å². The fourth-order valence-corrected chi connectivity index (χ4v) is 3.43. The first-order chi connectivity index (χ1) is 17.7. The van der Waals surface area contributed by atoms with Crippen molar-refractivity contribution < 1.29 is 39.0 Å². The van der Waals surface area contributed by atoms with E-state index in [-0.39, 0.29) is 25.0 Å². The summed E-state index contributed by atoms with van der Waals surface area (Å²) in [7, 11) is 0. The molecule has 5 amide bonds. The highest BCUT2D eigenvalue weighted by molar-refractivity contribution is 5.95. The summed E-state index contributed by atoms with van der Waals surface area (Å²) >= 11 is 0. The molecule has 14 heteroatoms. The van der Waals surface area contributed by atoms with E-state index in [9.17, 15) is 39.0 Å². The Morgan fingerprint density at radius 1 is 0.868 bits per heavy atom. The first-order valence-corrected chi connectivity index (χ1v) is 12.0. The predicted molar refractivity (Wildman–Crippen MR) is 135 cm³/mol. The number of nitrogens with two attached hydrogens (primary N) is 3. The number of benzene rings is 1. The topological polar surface area (TPSA) is 257 Å². The highest BCUT2D eigenvalue weighted by atomic mass is 16.4. The number of phenols is 1. The number of nitrogens with one attached hydrogen (secondary N) is 3. The minimum absolute atomic E-state index is 0.0138. The maximum atomic E-state index is 13.3. The summed E-state index contributed by atoms with van der Waals surface area (Å²) in [5.74, 6) is -5.80. The SMILES string of the molecule is CCC(C)C(NC(=O)C(Cc1ccc(O)cc1)NC(=O)C(N)CC(N)=O)C(=O)NC(CCC(N)=O)C(=O)O. The number of primary amides is 2. The zero-order valence-corrected chi connectivity index (χ0v) is 21.3. The maximum absolute atomic E-state index is 13.3. The molecule has 0 spiro atoms. The lowest BCUT2D eigenvalue weighted by molar-refractivity contribution is -0.143. The van der Waals surface area contributed by atoms with Crippen molar-refractivity contribution in [2.75, 3.05) is 0 Å². The molecule has 0 heterocycles. The Labute approximate surface area is 219 Å². The van der Waals surface area contributed by atoms with Crippen LogP contribution in [0.3, 0.4) is 0 Å². The molecule has 5 atom stereocenters. The molecule has 0 fully saturated rings. The number of aromatic hydroxyl groups is 1.